The number of carboxylic acid groups (broad SMARTS) is 1. The predicted octanol–water partition coefficient (Wildman–Crippen LogP) is 1.60. The van der Waals surface area contributed by atoms with Crippen molar-refractivity contribution in [2.45, 2.75) is 19.1 Å². The first kappa shape index (κ1) is 12.7. The van der Waals surface area contributed by atoms with Crippen molar-refractivity contribution >= 4 is 12.0 Å². The number of hydrogen-bond acceptors (Lipinski definition) is 3. The fraction of sp³-hybridized carbons (Fsp3) is 0.286. The third kappa shape index (κ3) is 2.14. The molecule has 2 bridgehead atoms. The lowest BCUT2D eigenvalue weighted by atomic mass is 10.1. The Labute approximate surface area is 115 Å². The van der Waals surface area contributed by atoms with E-state index in [1.807, 2.05) is 30.3 Å². The molecule has 6 heteroatoms. The van der Waals surface area contributed by atoms with Gasteiger partial charge in [0.25, 0.3) is 0 Å². The number of carbonyl (C=O) groups is 2. The molecule has 1 aromatic carbocycles. The molecule has 0 unspecified atom stereocenters. The highest BCUT2D eigenvalue weighted by Crippen LogP contribution is 2.29. The third-order valence-electron chi connectivity index (χ3n) is 3.45. The molecular weight excluding hydrogens is 260 g/mol. The number of benzene rings is 1. The summed E-state index contributed by atoms with van der Waals surface area (Å²) < 4.78 is 0. The number of fused-ring (bicyclic) bond motifs is 2. The summed E-state index contributed by atoms with van der Waals surface area (Å²) in [6.45, 7) is 0.658. The second kappa shape index (κ2) is 4.97. The van der Waals surface area contributed by atoms with Gasteiger partial charge < -0.3 is 5.11 Å². The summed E-state index contributed by atoms with van der Waals surface area (Å²) in [4.78, 5) is 30.0. The van der Waals surface area contributed by atoms with Gasteiger partial charge in [-0.2, -0.15) is 5.06 Å². The highest BCUT2D eigenvalue weighted by molar-refractivity contribution is 5.93. The Balaban J connectivity index is 1.69. The van der Waals surface area contributed by atoms with Gasteiger partial charge in [-0.15, -0.1) is 0 Å². The summed E-state index contributed by atoms with van der Waals surface area (Å²) in [7, 11) is 0. The summed E-state index contributed by atoms with van der Waals surface area (Å²) in [6, 6.07) is 9.01. The maximum absolute atomic E-state index is 12.1. The van der Waals surface area contributed by atoms with E-state index in [-0.39, 0.29) is 11.7 Å². The maximum Gasteiger partial charge on any atom is 0.352 e. The van der Waals surface area contributed by atoms with Crippen LogP contribution in [0.5, 0.6) is 0 Å². The van der Waals surface area contributed by atoms with Crippen molar-refractivity contribution in [2.75, 3.05) is 6.54 Å². The molecule has 2 aliphatic rings. The Morgan fingerprint density at radius 2 is 2.10 bits per heavy atom. The summed E-state index contributed by atoms with van der Waals surface area (Å²) >= 11 is 0. The number of hydrogen-bond donors (Lipinski definition) is 1. The summed E-state index contributed by atoms with van der Waals surface area (Å²) in [5.74, 6) is -1.08. The highest BCUT2D eigenvalue weighted by atomic mass is 16.7. The van der Waals surface area contributed by atoms with Crippen molar-refractivity contribution in [3.8, 4) is 0 Å². The van der Waals surface area contributed by atoms with Crippen LogP contribution in [0.2, 0.25) is 0 Å². The van der Waals surface area contributed by atoms with E-state index in [1.54, 1.807) is 6.08 Å². The van der Waals surface area contributed by atoms with E-state index in [2.05, 4.69) is 0 Å². The van der Waals surface area contributed by atoms with Crippen LogP contribution in [0, 0.1) is 0 Å². The van der Waals surface area contributed by atoms with Gasteiger partial charge >= 0.3 is 12.0 Å². The van der Waals surface area contributed by atoms with Crippen LogP contribution in [0.25, 0.3) is 0 Å². The minimum Gasteiger partial charge on any atom is -0.477 e. The van der Waals surface area contributed by atoms with E-state index in [4.69, 9.17) is 9.94 Å². The molecule has 1 saturated heterocycles. The number of amides is 2. The molecule has 0 aliphatic carbocycles. The zero-order chi connectivity index (χ0) is 14.1. The molecule has 0 saturated carbocycles. The standard InChI is InChI=1S/C14H14N2O4/c17-13(18)12-7-6-11-8-15(12)14(19)16(11)20-9-10-4-2-1-3-5-10/h1-5,7,11H,6,8-9H2,(H,17,18)/t11-/m1/s1. The molecule has 1 N–H and O–H groups in total. The average molecular weight is 274 g/mol. The second-order valence-corrected chi connectivity index (χ2v) is 4.76. The maximum atomic E-state index is 12.1. The quantitative estimate of drug-likeness (QED) is 0.905. The number of rotatable bonds is 4. The van der Waals surface area contributed by atoms with E-state index in [0.717, 1.165) is 5.56 Å². The second-order valence-electron chi connectivity index (χ2n) is 4.76. The minimum absolute atomic E-state index is 0.0389. The van der Waals surface area contributed by atoms with Gasteiger partial charge in [0.15, 0.2) is 0 Å². The summed E-state index contributed by atoms with van der Waals surface area (Å²) in [5, 5.41) is 10.3. The van der Waals surface area contributed by atoms with Crippen LogP contribution in [-0.2, 0) is 16.2 Å². The normalized spacial score (nSPS) is 21.1. The Morgan fingerprint density at radius 3 is 2.80 bits per heavy atom. The van der Waals surface area contributed by atoms with Gasteiger partial charge in [0, 0.05) is 0 Å². The zero-order valence-electron chi connectivity index (χ0n) is 10.7. The summed E-state index contributed by atoms with van der Waals surface area (Å²) in [5.41, 5.74) is 1.00. The minimum atomic E-state index is -1.08. The molecule has 2 heterocycles. The van der Waals surface area contributed by atoms with Gasteiger partial charge in [-0.05, 0) is 12.0 Å². The SMILES string of the molecule is O=C(O)C1=CC[C@@H]2CN1C(=O)N2OCc1ccccc1. The van der Waals surface area contributed by atoms with Crippen LogP contribution in [0.15, 0.2) is 42.1 Å². The lowest BCUT2D eigenvalue weighted by Gasteiger charge is -2.20. The van der Waals surface area contributed by atoms with E-state index in [1.165, 1.54) is 9.96 Å². The van der Waals surface area contributed by atoms with Crippen molar-refractivity contribution in [3.05, 3.63) is 47.7 Å². The molecule has 3 rings (SSSR count). The Morgan fingerprint density at radius 1 is 1.35 bits per heavy atom. The van der Waals surface area contributed by atoms with Gasteiger partial charge in [0.05, 0.1) is 12.6 Å². The fourth-order valence-corrected chi connectivity index (χ4v) is 2.45. The molecule has 0 aromatic heterocycles. The average Bonchev–Trinajstić information content (AvgIpc) is 2.70. The third-order valence-corrected chi connectivity index (χ3v) is 3.45. The van der Waals surface area contributed by atoms with Crippen LogP contribution in [0.3, 0.4) is 0 Å². The lowest BCUT2D eigenvalue weighted by Crippen LogP contribution is -2.33. The summed E-state index contributed by atoms with van der Waals surface area (Å²) in [6.07, 6.45) is 2.07. The van der Waals surface area contributed by atoms with Gasteiger partial charge in [-0.3, -0.25) is 9.74 Å². The number of nitrogens with zero attached hydrogens (tertiary/aromatic N) is 2. The number of urea groups is 1. The van der Waals surface area contributed by atoms with Crippen LogP contribution in [-0.4, -0.2) is 39.7 Å². The van der Waals surface area contributed by atoms with Crippen LogP contribution in [0.1, 0.15) is 12.0 Å². The molecule has 2 amide bonds. The van der Waals surface area contributed by atoms with Gasteiger partial charge in [0.1, 0.15) is 12.3 Å². The van der Waals surface area contributed by atoms with Crippen molar-refractivity contribution in [2.24, 2.45) is 0 Å². The number of carbonyl (C=O) groups excluding carboxylic acids is 1. The molecular formula is C14H14N2O4. The van der Waals surface area contributed by atoms with E-state index in [9.17, 15) is 9.59 Å². The first-order valence-electron chi connectivity index (χ1n) is 6.38. The lowest BCUT2D eigenvalue weighted by molar-refractivity contribution is -0.139. The molecule has 1 aromatic rings. The van der Waals surface area contributed by atoms with Gasteiger partial charge in [0.2, 0.25) is 0 Å². The monoisotopic (exact) mass is 274 g/mol. The smallest absolute Gasteiger partial charge is 0.352 e. The molecule has 0 radical (unpaired) electrons. The molecule has 1 atom stereocenters. The highest BCUT2D eigenvalue weighted by Gasteiger charge is 2.44. The molecule has 104 valence electrons. The largest absolute Gasteiger partial charge is 0.477 e. The molecule has 0 spiro atoms. The van der Waals surface area contributed by atoms with Crippen LogP contribution in [0.4, 0.5) is 4.79 Å². The van der Waals surface area contributed by atoms with Gasteiger partial charge in [-0.25, -0.2) is 9.59 Å². The first-order valence-corrected chi connectivity index (χ1v) is 6.38. The van der Waals surface area contributed by atoms with Crippen LogP contribution >= 0.6 is 0 Å². The van der Waals surface area contributed by atoms with Crippen molar-refractivity contribution in [1.82, 2.24) is 9.96 Å². The molecule has 1 fully saturated rings. The Hall–Kier alpha value is -2.34. The number of aliphatic carboxylic acids is 1. The Kier molecular flexibility index (Phi) is 3.15. The zero-order valence-corrected chi connectivity index (χ0v) is 10.7. The molecule has 6 nitrogen and oxygen atoms in total. The fourth-order valence-electron chi connectivity index (χ4n) is 2.45. The molecule has 20 heavy (non-hydrogen) atoms. The Bertz CT molecular complexity index is 570. The van der Waals surface area contributed by atoms with Gasteiger partial charge in [-0.1, -0.05) is 36.4 Å². The van der Waals surface area contributed by atoms with Crippen molar-refractivity contribution < 1.29 is 19.5 Å². The number of carboxylic acids is 1. The van der Waals surface area contributed by atoms with Crippen LogP contribution < -0.4 is 0 Å². The molecule has 2 aliphatic heterocycles. The van der Waals surface area contributed by atoms with Crippen molar-refractivity contribution in [1.29, 1.82) is 0 Å². The first-order chi connectivity index (χ1) is 9.66. The predicted molar refractivity (Wildman–Crippen MR) is 69.3 cm³/mol. The van der Waals surface area contributed by atoms with E-state index in [0.29, 0.717) is 19.6 Å². The van der Waals surface area contributed by atoms with Crippen molar-refractivity contribution in [3.63, 3.8) is 0 Å². The van der Waals surface area contributed by atoms with E-state index < -0.39 is 12.0 Å². The number of hydroxylamine groups is 2. The van der Waals surface area contributed by atoms with E-state index >= 15 is 0 Å². The topological polar surface area (TPSA) is 70.1 Å².